The normalized spacial score (nSPS) is 12.9. The van der Waals surface area contributed by atoms with E-state index in [-0.39, 0.29) is 0 Å². The van der Waals surface area contributed by atoms with Crippen LogP contribution in [-0.4, -0.2) is 12.7 Å². The number of nitrogens with one attached hydrogen (secondary N) is 1. The van der Waals surface area contributed by atoms with E-state index in [1.807, 2.05) is 0 Å². The molecule has 0 bridgehead atoms. The van der Waals surface area contributed by atoms with Gasteiger partial charge in [-0.15, -0.1) is 0 Å². The second-order valence-corrected chi connectivity index (χ2v) is 4.91. The number of anilines is 1. The van der Waals surface area contributed by atoms with Crippen LogP contribution in [0.25, 0.3) is 0 Å². The molecule has 7 heteroatoms. The Hall–Kier alpha value is -0.740. The van der Waals surface area contributed by atoms with E-state index in [1.165, 1.54) is 6.07 Å². The maximum atomic E-state index is 12.3. The highest BCUT2D eigenvalue weighted by atomic mass is 79.9. The number of benzene rings is 1. The van der Waals surface area contributed by atoms with E-state index in [1.54, 1.807) is 18.2 Å². The minimum Gasteiger partial charge on any atom is -0.382 e. The van der Waals surface area contributed by atoms with E-state index in [0.29, 0.717) is 14.6 Å². The molecule has 1 aromatic rings. The molecule has 0 aliphatic carbocycles. The first-order valence-corrected chi connectivity index (χ1v) is 6.09. The minimum atomic E-state index is -4.52. The number of nitrogens with zero attached hydrogens (tertiary/aromatic N) is 1. The summed E-state index contributed by atoms with van der Waals surface area (Å²) >= 11 is 6.43. The Morgan fingerprint density at radius 1 is 1.29 bits per heavy atom. The lowest BCUT2D eigenvalue weighted by atomic mass is 10.1. The van der Waals surface area contributed by atoms with Gasteiger partial charge in [0.25, 0.3) is 0 Å². The molecule has 1 unspecified atom stereocenters. The second-order valence-electron chi connectivity index (χ2n) is 3.20. The molecule has 0 fully saturated rings. The van der Waals surface area contributed by atoms with Gasteiger partial charge in [-0.2, -0.15) is 18.4 Å². The van der Waals surface area contributed by atoms with Gasteiger partial charge in [0.15, 0.2) is 5.92 Å². The SMILES string of the molecule is N#CC(CNc1c(Br)cccc1Br)C(F)(F)F. The summed E-state index contributed by atoms with van der Waals surface area (Å²) in [5, 5.41) is 11.0. The summed E-state index contributed by atoms with van der Waals surface area (Å²) in [6.07, 6.45) is -4.52. The largest absolute Gasteiger partial charge is 0.406 e. The van der Waals surface area contributed by atoms with E-state index in [9.17, 15) is 13.2 Å². The highest BCUT2D eigenvalue weighted by Gasteiger charge is 2.39. The fourth-order valence-electron chi connectivity index (χ4n) is 1.11. The molecule has 0 aliphatic heterocycles. The van der Waals surface area contributed by atoms with Gasteiger partial charge >= 0.3 is 6.18 Å². The molecule has 0 amide bonds. The van der Waals surface area contributed by atoms with Crippen molar-refractivity contribution in [1.82, 2.24) is 0 Å². The minimum absolute atomic E-state index is 0.485. The Morgan fingerprint density at radius 3 is 2.24 bits per heavy atom. The third kappa shape index (κ3) is 3.89. The lowest BCUT2D eigenvalue weighted by molar-refractivity contribution is -0.155. The van der Waals surface area contributed by atoms with Crippen LogP contribution in [0.1, 0.15) is 0 Å². The molecule has 92 valence electrons. The molecule has 0 radical (unpaired) electrons. The lowest BCUT2D eigenvalue weighted by Gasteiger charge is -2.16. The zero-order valence-corrected chi connectivity index (χ0v) is 11.5. The molecular formula is C10H7Br2F3N2. The van der Waals surface area contributed by atoms with E-state index in [4.69, 9.17) is 5.26 Å². The maximum absolute atomic E-state index is 12.3. The van der Waals surface area contributed by atoms with Crippen molar-refractivity contribution in [3.05, 3.63) is 27.1 Å². The molecule has 0 saturated heterocycles. The summed E-state index contributed by atoms with van der Waals surface area (Å²) in [6, 6.07) is 6.37. The van der Waals surface area contributed by atoms with Crippen LogP contribution < -0.4 is 5.32 Å². The van der Waals surface area contributed by atoms with E-state index >= 15 is 0 Å². The molecule has 0 spiro atoms. The van der Waals surface area contributed by atoms with Gasteiger partial charge in [-0.1, -0.05) is 6.07 Å². The van der Waals surface area contributed by atoms with Crippen LogP contribution in [0, 0.1) is 17.2 Å². The first-order chi connectivity index (χ1) is 7.86. The Labute approximate surface area is 113 Å². The number of hydrogen-bond acceptors (Lipinski definition) is 2. The molecule has 0 aromatic heterocycles. The first-order valence-electron chi connectivity index (χ1n) is 4.50. The van der Waals surface area contributed by atoms with Crippen molar-refractivity contribution < 1.29 is 13.2 Å². The third-order valence-corrected chi connectivity index (χ3v) is 3.32. The third-order valence-electron chi connectivity index (χ3n) is 2.00. The number of hydrogen-bond donors (Lipinski definition) is 1. The van der Waals surface area contributed by atoms with Crippen LogP contribution in [-0.2, 0) is 0 Å². The van der Waals surface area contributed by atoms with Crippen LogP contribution in [0.15, 0.2) is 27.1 Å². The lowest BCUT2D eigenvalue weighted by Crippen LogP contribution is -2.28. The average Bonchev–Trinajstić information content (AvgIpc) is 2.20. The number of rotatable bonds is 3. The molecule has 0 heterocycles. The maximum Gasteiger partial charge on any atom is 0.406 e. The van der Waals surface area contributed by atoms with Gasteiger partial charge in [0, 0.05) is 15.5 Å². The predicted molar refractivity (Wildman–Crippen MR) is 65.5 cm³/mol. The smallest absolute Gasteiger partial charge is 0.382 e. The fourth-order valence-corrected chi connectivity index (χ4v) is 2.38. The summed E-state index contributed by atoms with van der Waals surface area (Å²) in [5.41, 5.74) is 0.497. The predicted octanol–water partition coefficient (Wildman–Crippen LogP) is 4.33. The van der Waals surface area contributed by atoms with E-state index < -0.39 is 18.6 Å². The van der Waals surface area contributed by atoms with Crippen molar-refractivity contribution >= 4 is 37.5 Å². The Morgan fingerprint density at radius 2 is 1.82 bits per heavy atom. The van der Waals surface area contributed by atoms with Crippen molar-refractivity contribution in [2.45, 2.75) is 6.18 Å². The van der Waals surface area contributed by atoms with Crippen LogP contribution in [0.2, 0.25) is 0 Å². The summed E-state index contributed by atoms with van der Waals surface area (Å²) in [5.74, 6) is -2.03. The van der Waals surface area contributed by atoms with Gasteiger partial charge in [-0.25, -0.2) is 0 Å². The number of alkyl halides is 3. The van der Waals surface area contributed by atoms with Crippen molar-refractivity contribution in [2.75, 3.05) is 11.9 Å². The average molecular weight is 372 g/mol. The fraction of sp³-hybridized carbons (Fsp3) is 0.300. The number of halogens is 5. The van der Waals surface area contributed by atoms with Crippen LogP contribution >= 0.6 is 31.9 Å². The standard InChI is InChI=1S/C10H7Br2F3N2/c11-7-2-1-3-8(12)9(7)17-5-6(4-16)10(13,14)15/h1-3,6,17H,5H2. The van der Waals surface area contributed by atoms with Crippen LogP contribution in [0.5, 0.6) is 0 Å². The molecule has 2 nitrogen and oxygen atoms in total. The highest BCUT2D eigenvalue weighted by Crippen LogP contribution is 2.32. The van der Waals surface area contributed by atoms with Crippen molar-refractivity contribution in [3.63, 3.8) is 0 Å². The molecule has 0 aliphatic rings. The van der Waals surface area contributed by atoms with E-state index in [2.05, 4.69) is 37.2 Å². The molecule has 1 rings (SSSR count). The van der Waals surface area contributed by atoms with Gasteiger partial charge in [0.1, 0.15) is 0 Å². The molecule has 1 atom stereocenters. The summed E-state index contributed by atoms with van der Waals surface area (Å²) in [7, 11) is 0. The summed E-state index contributed by atoms with van der Waals surface area (Å²) in [6.45, 7) is -0.485. The number of para-hydroxylation sites is 1. The second kappa shape index (κ2) is 5.74. The van der Waals surface area contributed by atoms with Crippen LogP contribution in [0.4, 0.5) is 18.9 Å². The Kier molecular flexibility index (Phi) is 4.83. The van der Waals surface area contributed by atoms with Crippen molar-refractivity contribution in [3.8, 4) is 6.07 Å². The Balaban J connectivity index is 2.78. The molecule has 1 aromatic carbocycles. The highest BCUT2D eigenvalue weighted by molar-refractivity contribution is 9.11. The molecule has 17 heavy (non-hydrogen) atoms. The van der Waals surface area contributed by atoms with Gasteiger partial charge in [-0.3, -0.25) is 0 Å². The van der Waals surface area contributed by atoms with Gasteiger partial charge in [-0.05, 0) is 44.0 Å². The summed E-state index contributed by atoms with van der Waals surface area (Å²) in [4.78, 5) is 0. The summed E-state index contributed by atoms with van der Waals surface area (Å²) < 4.78 is 38.3. The zero-order chi connectivity index (χ0) is 13.1. The van der Waals surface area contributed by atoms with Crippen LogP contribution in [0.3, 0.4) is 0 Å². The van der Waals surface area contributed by atoms with Gasteiger partial charge in [0.05, 0.1) is 11.8 Å². The topological polar surface area (TPSA) is 35.8 Å². The monoisotopic (exact) mass is 370 g/mol. The quantitative estimate of drug-likeness (QED) is 0.858. The van der Waals surface area contributed by atoms with Gasteiger partial charge < -0.3 is 5.32 Å². The molecular weight excluding hydrogens is 365 g/mol. The van der Waals surface area contributed by atoms with E-state index in [0.717, 1.165) is 0 Å². The first kappa shape index (κ1) is 14.3. The van der Waals surface area contributed by atoms with Crippen molar-refractivity contribution in [2.24, 2.45) is 5.92 Å². The number of nitriles is 1. The molecule has 1 N–H and O–H groups in total. The zero-order valence-electron chi connectivity index (χ0n) is 8.35. The Bertz CT molecular complexity index is 420. The van der Waals surface area contributed by atoms with Crippen molar-refractivity contribution in [1.29, 1.82) is 5.26 Å². The molecule has 0 saturated carbocycles. The van der Waals surface area contributed by atoms with Gasteiger partial charge in [0.2, 0.25) is 0 Å².